The summed E-state index contributed by atoms with van der Waals surface area (Å²) in [5.41, 5.74) is 2.31. The summed E-state index contributed by atoms with van der Waals surface area (Å²) in [5.74, 6) is 0.467. The van der Waals surface area contributed by atoms with Crippen molar-refractivity contribution in [3.05, 3.63) is 59.8 Å². The lowest BCUT2D eigenvalue weighted by Crippen LogP contribution is -2.40. The highest BCUT2D eigenvalue weighted by molar-refractivity contribution is 5.71. The van der Waals surface area contributed by atoms with E-state index in [9.17, 15) is 9.90 Å². The number of nitrogens with zero attached hydrogens (tertiary/aromatic N) is 2. The lowest BCUT2D eigenvalue weighted by Gasteiger charge is -2.32. The second kappa shape index (κ2) is 12.3. The van der Waals surface area contributed by atoms with Gasteiger partial charge in [0.05, 0.1) is 31.5 Å². The smallest absolute Gasteiger partial charge is 0.344 e. The number of aliphatic hydroxyl groups is 1. The minimum absolute atomic E-state index is 0.0409. The average molecular weight is 469 g/mol. The normalized spacial score (nSPS) is 25.2. The van der Waals surface area contributed by atoms with Crippen molar-refractivity contribution in [1.29, 1.82) is 0 Å². The van der Waals surface area contributed by atoms with Crippen LogP contribution in [0.2, 0.25) is 0 Å². The van der Waals surface area contributed by atoms with E-state index in [2.05, 4.69) is 34.1 Å². The van der Waals surface area contributed by atoms with Crippen LogP contribution in [0.3, 0.4) is 0 Å². The van der Waals surface area contributed by atoms with Gasteiger partial charge in [0.25, 0.3) is 0 Å². The third-order valence-corrected chi connectivity index (χ3v) is 6.90. The van der Waals surface area contributed by atoms with Crippen LogP contribution in [0.1, 0.15) is 56.1 Å². The lowest BCUT2D eigenvalue weighted by atomic mass is 9.83. The molecule has 1 aromatic heterocycles. The summed E-state index contributed by atoms with van der Waals surface area (Å²) < 4.78 is 16.9. The number of aliphatic hydroxyl groups excluding tert-OH is 1. The number of rotatable bonds is 10. The van der Waals surface area contributed by atoms with Gasteiger partial charge >= 0.3 is 5.97 Å². The Kier molecular flexibility index (Phi) is 8.91. The topological polar surface area (TPSA) is 81.1 Å². The van der Waals surface area contributed by atoms with Gasteiger partial charge in [-0.05, 0) is 56.6 Å². The van der Waals surface area contributed by atoms with E-state index in [0.29, 0.717) is 25.0 Å². The first-order chi connectivity index (χ1) is 16.6. The number of benzene rings is 1. The molecule has 0 bridgehead atoms. The summed E-state index contributed by atoms with van der Waals surface area (Å²) >= 11 is 0. The number of hydrogen-bond donors (Lipinski definition) is 1. The average Bonchev–Trinajstić information content (AvgIpc) is 3.21. The van der Waals surface area contributed by atoms with Crippen molar-refractivity contribution in [3.63, 3.8) is 0 Å². The fraction of sp³-hybridized carbons (Fsp3) is 0.556. The molecular weight excluding hydrogens is 432 g/mol. The van der Waals surface area contributed by atoms with Gasteiger partial charge in [0, 0.05) is 24.8 Å². The van der Waals surface area contributed by atoms with Crippen LogP contribution in [0.15, 0.2) is 48.7 Å². The molecule has 34 heavy (non-hydrogen) atoms. The first-order valence-corrected chi connectivity index (χ1v) is 12.4. The molecule has 0 spiro atoms. The Balaban J connectivity index is 1.26. The van der Waals surface area contributed by atoms with E-state index in [0.717, 1.165) is 50.8 Å². The van der Waals surface area contributed by atoms with Crippen LogP contribution < -0.4 is 4.74 Å². The number of likely N-dealkylation sites (tertiary alicyclic amines) is 1. The van der Waals surface area contributed by atoms with Crippen molar-refractivity contribution < 1.29 is 24.1 Å². The van der Waals surface area contributed by atoms with Crippen molar-refractivity contribution in [2.24, 2.45) is 0 Å². The summed E-state index contributed by atoms with van der Waals surface area (Å²) in [5, 5.41) is 10.5. The molecule has 2 aliphatic rings. The summed E-state index contributed by atoms with van der Waals surface area (Å²) in [6.07, 6.45) is 6.21. The Morgan fingerprint density at radius 3 is 2.65 bits per heavy atom. The molecule has 1 aromatic carbocycles. The third-order valence-electron chi connectivity index (χ3n) is 6.90. The van der Waals surface area contributed by atoms with E-state index in [1.807, 2.05) is 18.2 Å². The number of hydrogen-bond acceptors (Lipinski definition) is 7. The SMILES string of the molecule is CCOC(=O)COc1ncccc1C1CCC(OCC2C(O)CCN2Cc2ccccc2)CC1. The molecule has 4 rings (SSSR count). The van der Waals surface area contributed by atoms with Gasteiger partial charge in [0.1, 0.15) is 0 Å². The van der Waals surface area contributed by atoms with Gasteiger partial charge in [0.2, 0.25) is 5.88 Å². The van der Waals surface area contributed by atoms with Crippen LogP contribution in [0.5, 0.6) is 5.88 Å². The van der Waals surface area contributed by atoms with Gasteiger partial charge < -0.3 is 19.3 Å². The minimum atomic E-state index is -0.383. The Morgan fingerprint density at radius 1 is 1.09 bits per heavy atom. The molecule has 0 radical (unpaired) electrons. The van der Waals surface area contributed by atoms with Crippen molar-refractivity contribution in [2.75, 3.05) is 26.4 Å². The molecule has 7 nitrogen and oxygen atoms in total. The molecule has 1 aliphatic carbocycles. The highest BCUT2D eigenvalue weighted by Crippen LogP contribution is 2.37. The predicted molar refractivity (Wildman–Crippen MR) is 129 cm³/mol. The molecule has 2 fully saturated rings. The Hall–Kier alpha value is -2.48. The maximum atomic E-state index is 11.7. The number of carbonyl (C=O) groups excluding carboxylic acids is 1. The Morgan fingerprint density at radius 2 is 1.88 bits per heavy atom. The largest absolute Gasteiger partial charge is 0.465 e. The molecule has 184 valence electrons. The highest BCUT2D eigenvalue weighted by Gasteiger charge is 2.34. The van der Waals surface area contributed by atoms with Crippen LogP contribution >= 0.6 is 0 Å². The van der Waals surface area contributed by atoms with Crippen LogP contribution in [0.4, 0.5) is 0 Å². The third kappa shape index (κ3) is 6.56. The van der Waals surface area contributed by atoms with Crippen LogP contribution in [-0.2, 0) is 20.8 Å². The zero-order chi connectivity index (χ0) is 23.8. The maximum Gasteiger partial charge on any atom is 0.344 e. The predicted octanol–water partition coefficient (Wildman–Crippen LogP) is 3.70. The summed E-state index contributed by atoms with van der Waals surface area (Å²) in [7, 11) is 0. The van der Waals surface area contributed by atoms with Gasteiger partial charge in [-0.3, -0.25) is 4.90 Å². The molecule has 0 amide bonds. The fourth-order valence-corrected chi connectivity index (χ4v) is 5.07. The van der Waals surface area contributed by atoms with E-state index < -0.39 is 0 Å². The summed E-state index contributed by atoms with van der Waals surface area (Å²) in [6.45, 7) is 4.28. The Labute approximate surface area is 202 Å². The quantitative estimate of drug-likeness (QED) is 0.533. The van der Waals surface area contributed by atoms with Gasteiger partial charge in [-0.1, -0.05) is 36.4 Å². The molecule has 2 unspecified atom stereocenters. The zero-order valence-corrected chi connectivity index (χ0v) is 20.0. The lowest BCUT2D eigenvalue weighted by molar-refractivity contribution is -0.145. The first-order valence-electron chi connectivity index (χ1n) is 12.4. The molecule has 1 saturated heterocycles. The van der Waals surface area contributed by atoms with Crippen molar-refractivity contribution in [1.82, 2.24) is 9.88 Å². The van der Waals surface area contributed by atoms with E-state index in [4.69, 9.17) is 14.2 Å². The Bertz CT molecular complexity index is 901. The van der Waals surface area contributed by atoms with E-state index >= 15 is 0 Å². The molecule has 7 heteroatoms. The minimum Gasteiger partial charge on any atom is -0.465 e. The van der Waals surface area contributed by atoms with Gasteiger partial charge in [-0.25, -0.2) is 9.78 Å². The van der Waals surface area contributed by atoms with E-state index in [1.165, 1.54) is 5.56 Å². The number of esters is 1. The maximum absolute atomic E-state index is 11.7. The van der Waals surface area contributed by atoms with Crippen LogP contribution in [-0.4, -0.2) is 65.6 Å². The van der Waals surface area contributed by atoms with Crippen molar-refractivity contribution >= 4 is 5.97 Å². The van der Waals surface area contributed by atoms with Gasteiger partial charge in [0.15, 0.2) is 6.61 Å². The van der Waals surface area contributed by atoms with Crippen molar-refractivity contribution in [2.45, 2.75) is 69.7 Å². The van der Waals surface area contributed by atoms with Gasteiger partial charge in [-0.15, -0.1) is 0 Å². The van der Waals surface area contributed by atoms with Gasteiger partial charge in [-0.2, -0.15) is 0 Å². The standard InChI is InChI=1S/C27H36N2O5/c1-2-32-26(31)19-34-27-23(9-6-15-28-27)21-10-12-22(13-11-21)33-18-24-25(30)14-16-29(24)17-20-7-4-3-5-8-20/h3-9,15,21-22,24-25,30H,2,10-14,16-19H2,1H3. The second-order valence-corrected chi connectivity index (χ2v) is 9.18. The first kappa shape index (κ1) is 24.6. The van der Waals surface area contributed by atoms with Crippen molar-refractivity contribution in [3.8, 4) is 5.88 Å². The number of pyridine rings is 1. The highest BCUT2D eigenvalue weighted by atomic mass is 16.6. The molecule has 1 saturated carbocycles. The van der Waals surface area contributed by atoms with E-state index in [1.54, 1.807) is 13.1 Å². The molecule has 2 atom stereocenters. The fourth-order valence-electron chi connectivity index (χ4n) is 5.07. The molecule has 1 N–H and O–H groups in total. The number of ether oxygens (including phenoxy) is 3. The molecular formula is C27H36N2O5. The zero-order valence-electron chi connectivity index (χ0n) is 20.0. The summed E-state index contributed by atoms with van der Waals surface area (Å²) in [4.78, 5) is 18.4. The second-order valence-electron chi connectivity index (χ2n) is 9.18. The monoisotopic (exact) mass is 468 g/mol. The van der Waals surface area contributed by atoms with E-state index in [-0.39, 0.29) is 30.8 Å². The number of aromatic nitrogens is 1. The molecule has 2 heterocycles. The molecule has 1 aliphatic heterocycles. The summed E-state index contributed by atoms with van der Waals surface area (Å²) in [6, 6.07) is 14.4. The molecule has 2 aromatic rings. The number of carbonyl (C=O) groups is 1. The van der Waals surface area contributed by atoms with Crippen LogP contribution in [0, 0.1) is 0 Å². The van der Waals surface area contributed by atoms with Crippen LogP contribution in [0.25, 0.3) is 0 Å².